The smallest absolute Gasteiger partial charge is 0.161 e. The first-order valence-corrected chi connectivity index (χ1v) is 6.77. The summed E-state index contributed by atoms with van der Waals surface area (Å²) in [5.74, 6) is 1.48. The Hall–Kier alpha value is -2.62. The summed E-state index contributed by atoms with van der Waals surface area (Å²) in [7, 11) is 3.28. The fourth-order valence-electron chi connectivity index (χ4n) is 2.56. The average molecular weight is 282 g/mol. The van der Waals surface area contributed by atoms with Crippen LogP contribution in [0.15, 0.2) is 48.7 Å². The summed E-state index contributed by atoms with van der Waals surface area (Å²) < 4.78 is 12.8. The van der Waals surface area contributed by atoms with Gasteiger partial charge in [0.05, 0.1) is 19.7 Å². The van der Waals surface area contributed by atoms with Crippen LogP contribution in [-0.4, -0.2) is 18.8 Å². The number of ether oxygens (including phenoxy) is 2. The lowest BCUT2D eigenvalue weighted by molar-refractivity contribution is 0.354. The van der Waals surface area contributed by atoms with Crippen molar-refractivity contribution in [3.8, 4) is 11.5 Å². The lowest BCUT2D eigenvalue weighted by atomic mass is 10.2. The van der Waals surface area contributed by atoms with Gasteiger partial charge in [-0.2, -0.15) is 0 Å². The molecular weight excluding hydrogens is 264 g/mol. The number of methoxy groups -OCH3 is 2. The summed E-state index contributed by atoms with van der Waals surface area (Å²) in [6.07, 6.45) is 2.05. The zero-order valence-corrected chi connectivity index (χ0v) is 12.2. The molecule has 2 aromatic carbocycles. The molecular formula is C17H18N2O2. The van der Waals surface area contributed by atoms with Gasteiger partial charge in [0.25, 0.3) is 0 Å². The first kappa shape index (κ1) is 13.4. The van der Waals surface area contributed by atoms with Crippen molar-refractivity contribution in [3.63, 3.8) is 0 Å². The first-order valence-electron chi connectivity index (χ1n) is 6.77. The van der Waals surface area contributed by atoms with Crippen molar-refractivity contribution in [2.45, 2.75) is 6.54 Å². The third kappa shape index (κ3) is 2.40. The predicted octanol–water partition coefficient (Wildman–Crippen LogP) is 3.29. The van der Waals surface area contributed by atoms with E-state index >= 15 is 0 Å². The Labute approximate surface area is 123 Å². The molecule has 0 atom stereocenters. The third-order valence-corrected chi connectivity index (χ3v) is 3.65. The van der Waals surface area contributed by atoms with Gasteiger partial charge in [0.15, 0.2) is 11.5 Å². The summed E-state index contributed by atoms with van der Waals surface area (Å²) in [6, 6.07) is 14.0. The number of nitrogen functional groups attached to an aromatic ring is 1. The molecule has 0 saturated carbocycles. The standard InChI is InChI=1S/C17H18N2O2/c1-20-16-7-6-12(10-17(16)21-2)11-19-9-8-13-14(18)4-3-5-15(13)19/h3-10H,11,18H2,1-2H3. The van der Waals surface area contributed by atoms with Gasteiger partial charge in [-0.25, -0.2) is 0 Å². The Kier molecular flexibility index (Phi) is 3.44. The summed E-state index contributed by atoms with van der Waals surface area (Å²) in [5.41, 5.74) is 9.08. The number of fused-ring (bicyclic) bond motifs is 1. The minimum Gasteiger partial charge on any atom is -0.493 e. The maximum Gasteiger partial charge on any atom is 0.161 e. The number of nitrogens with zero attached hydrogens (tertiary/aromatic N) is 1. The van der Waals surface area contributed by atoms with E-state index in [2.05, 4.69) is 16.8 Å². The van der Waals surface area contributed by atoms with Crippen molar-refractivity contribution in [1.29, 1.82) is 0 Å². The predicted molar refractivity (Wildman–Crippen MR) is 85.0 cm³/mol. The Morgan fingerprint density at radius 1 is 1.00 bits per heavy atom. The molecule has 4 heteroatoms. The molecule has 0 fully saturated rings. The zero-order valence-electron chi connectivity index (χ0n) is 12.2. The maximum absolute atomic E-state index is 6.00. The summed E-state index contributed by atoms with van der Waals surface area (Å²) in [5, 5.41) is 1.08. The molecule has 1 heterocycles. The van der Waals surface area contributed by atoms with E-state index in [1.165, 1.54) is 0 Å². The number of anilines is 1. The highest BCUT2D eigenvalue weighted by atomic mass is 16.5. The number of hydrogen-bond acceptors (Lipinski definition) is 3. The van der Waals surface area contributed by atoms with Gasteiger partial charge in [0.2, 0.25) is 0 Å². The fourth-order valence-corrected chi connectivity index (χ4v) is 2.56. The minimum absolute atomic E-state index is 0.739. The number of rotatable bonds is 4. The van der Waals surface area contributed by atoms with Crippen molar-refractivity contribution < 1.29 is 9.47 Å². The molecule has 21 heavy (non-hydrogen) atoms. The van der Waals surface area contributed by atoms with Crippen LogP contribution in [-0.2, 0) is 6.54 Å². The van der Waals surface area contributed by atoms with Gasteiger partial charge in [-0.05, 0) is 35.9 Å². The molecule has 0 aliphatic carbocycles. The highest BCUT2D eigenvalue weighted by molar-refractivity contribution is 5.91. The van der Waals surface area contributed by atoms with Crippen LogP contribution in [0.2, 0.25) is 0 Å². The van der Waals surface area contributed by atoms with Crippen molar-refractivity contribution >= 4 is 16.6 Å². The molecule has 0 saturated heterocycles. The summed E-state index contributed by atoms with van der Waals surface area (Å²) in [6.45, 7) is 0.757. The molecule has 3 rings (SSSR count). The summed E-state index contributed by atoms with van der Waals surface area (Å²) >= 11 is 0. The number of benzene rings is 2. The largest absolute Gasteiger partial charge is 0.493 e. The monoisotopic (exact) mass is 282 g/mol. The van der Waals surface area contributed by atoms with Gasteiger partial charge < -0.3 is 19.8 Å². The van der Waals surface area contributed by atoms with E-state index in [0.29, 0.717) is 0 Å². The Bertz CT molecular complexity index is 778. The Morgan fingerprint density at radius 3 is 2.57 bits per heavy atom. The van der Waals surface area contributed by atoms with Gasteiger partial charge >= 0.3 is 0 Å². The molecule has 3 aromatic rings. The molecule has 0 unspecified atom stereocenters. The second kappa shape index (κ2) is 5.40. The van der Waals surface area contributed by atoms with Gasteiger partial charge in [0.1, 0.15) is 0 Å². The minimum atomic E-state index is 0.739. The van der Waals surface area contributed by atoms with Crippen LogP contribution in [0.5, 0.6) is 11.5 Å². The zero-order chi connectivity index (χ0) is 14.8. The van der Waals surface area contributed by atoms with Crippen LogP contribution in [0.4, 0.5) is 5.69 Å². The van der Waals surface area contributed by atoms with Crippen LogP contribution in [0.25, 0.3) is 10.9 Å². The molecule has 0 aliphatic heterocycles. The number of nitrogens with two attached hydrogens (primary N) is 1. The second-order valence-electron chi connectivity index (χ2n) is 4.91. The topological polar surface area (TPSA) is 49.4 Å². The van der Waals surface area contributed by atoms with E-state index in [1.54, 1.807) is 14.2 Å². The lowest BCUT2D eigenvalue weighted by Gasteiger charge is -2.11. The van der Waals surface area contributed by atoms with E-state index < -0.39 is 0 Å². The van der Waals surface area contributed by atoms with E-state index in [9.17, 15) is 0 Å². The van der Waals surface area contributed by atoms with Gasteiger partial charge in [-0.15, -0.1) is 0 Å². The van der Waals surface area contributed by atoms with Crippen molar-refractivity contribution in [2.24, 2.45) is 0 Å². The Balaban J connectivity index is 1.97. The van der Waals surface area contributed by atoms with Crippen molar-refractivity contribution in [1.82, 2.24) is 4.57 Å². The second-order valence-corrected chi connectivity index (χ2v) is 4.91. The SMILES string of the molecule is COc1ccc(Cn2ccc3c(N)cccc32)cc1OC. The normalized spacial score (nSPS) is 10.8. The van der Waals surface area contributed by atoms with E-state index in [-0.39, 0.29) is 0 Å². The molecule has 108 valence electrons. The van der Waals surface area contributed by atoms with Gasteiger partial charge in [-0.1, -0.05) is 12.1 Å². The molecule has 0 bridgehead atoms. The van der Waals surface area contributed by atoms with Crippen LogP contribution >= 0.6 is 0 Å². The van der Waals surface area contributed by atoms with Crippen molar-refractivity contribution in [3.05, 3.63) is 54.2 Å². The van der Waals surface area contributed by atoms with Crippen LogP contribution in [0.1, 0.15) is 5.56 Å². The number of aromatic nitrogens is 1. The van der Waals surface area contributed by atoms with E-state index in [0.717, 1.165) is 40.2 Å². The molecule has 0 aliphatic rings. The van der Waals surface area contributed by atoms with E-state index in [1.807, 2.05) is 36.4 Å². The maximum atomic E-state index is 6.00. The van der Waals surface area contributed by atoms with Crippen molar-refractivity contribution in [2.75, 3.05) is 20.0 Å². The Morgan fingerprint density at radius 2 is 1.81 bits per heavy atom. The van der Waals surface area contributed by atoms with Crippen LogP contribution in [0.3, 0.4) is 0 Å². The van der Waals surface area contributed by atoms with Gasteiger partial charge in [-0.3, -0.25) is 0 Å². The molecule has 2 N–H and O–H groups in total. The van der Waals surface area contributed by atoms with Crippen LogP contribution < -0.4 is 15.2 Å². The fraction of sp³-hybridized carbons (Fsp3) is 0.176. The van der Waals surface area contributed by atoms with Gasteiger partial charge in [0, 0.05) is 23.8 Å². The van der Waals surface area contributed by atoms with Crippen LogP contribution in [0, 0.1) is 0 Å². The first-order chi connectivity index (χ1) is 10.2. The third-order valence-electron chi connectivity index (χ3n) is 3.65. The number of hydrogen-bond donors (Lipinski definition) is 1. The molecule has 4 nitrogen and oxygen atoms in total. The summed E-state index contributed by atoms with van der Waals surface area (Å²) in [4.78, 5) is 0. The van der Waals surface area contributed by atoms with E-state index in [4.69, 9.17) is 15.2 Å². The quantitative estimate of drug-likeness (QED) is 0.747. The highest BCUT2D eigenvalue weighted by Crippen LogP contribution is 2.29. The lowest BCUT2D eigenvalue weighted by Crippen LogP contribution is -1.99. The molecule has 0 spiro atoms. The molecule has 0 amide bonds. The molecule has 0 radical (unpaired) electrons. The molecule has 1 aromatic heterocycles. The average Bonchev–Trinajstić information content (AvgIpc) is 2.92. The highest BCUT2D eigenvalue weighted by Gasteiger charge is 2.07.